The third-order valence-electron chi connectivity index (χ3n) is 4.80. The number of nitrogens with two attached hydrogens (primary N) is 1. The minimum Gasteiger partial charge on any atom is -0.330 e. The van der Waals surface area contributed by atoms with E-state index in [0.29, 0.717) is 0 Å². The second-order valence-electron chi connectivity index (χ2n) is 5.88. The zero-order valence-corrected chi connectivity index (χ0v) is 11.6. The average molecular weight is 239 g/mol. The highest BCUT2D eigenvalue weighted by Gasteiger charge is 2.34. The molecule has 0 radical (unpaired) electrons. The van der Waals surface area contributed by atoms with Gasteiger partial charge in [0, 0.05) is 18.6 Å². The lowest BCUT2D eigenvalue weighted by molar-refractivity contribution is 0.0739. The lowest BCUT2D eigenvalue weighted by Gasteiger charge is -2.42. The average Bonchev–Trinajstić information content (AvgIpc) is 2.77. The quantitative estimate of drug-likeness (QED) is 0.807. The summed E-state index contributed by atoms with van der Waals surface area (Å²) in [6, 6.07) is 1.54. The van der Waals surface area contributed by atoms with Crippen molar-refractivity contribution in [3.8, 4) is 0 Å². The van der Waals surface area contributed by atoms with Gasteiger partial charge in [0.2, 0.25) is 0 Å². The maximum Gasteiger partial charge on any atom is 0.0238 e. The normalized spacial score (nSPS) is 35.6. The second-order valence-corrected chi connectivity index (χ2v) is 5.88. The van der Waals surface area contributed by atoms with Crippen LogP contribution in [0, 0.1) is 5.92 Å². The van der Waals surface area contributed by atoms with Gasteiger partial charge in [0.1, 0.15) is 0 Å². The van der Waals surface area contributed by atoms with Crippen LogP contribution in [0.15, 0.2) is 0 Å². The molecule has 0 aromatic carbocycles. The van der Waals surface area contributed by atoms with Crippen LogP contribution in [0.1, 0.15) is 39.0 Å². The number of hydrogen-bond donors (Lipinski definition) is 1. The fourth-order valence-electron chi connectivity index (χ4n) is 3.85. The third kappa shape index (κ3) is 3.01. The van der Waals surface area contributed by atoms with Crippen molar-refractivity contribution in [2.24, 2.45) is 11.7 Å². The molecule has 0 aromatic rings. The van der Waals surface area contributed by atoms with Crippen LogP contribution in [0.25, 0.3) is 0 Å². The summed E-state index contributed by atoms with van der Waals surface area (Å²) >= 11 is 0. The molecule has 2 aliphatic rings. The van der Waals surface area contributed by atoms with Crippen molar-refractivity contribution >= 4 is 0 Å². The summed E-state index contributed by atoms with van der Waals surface area (Å²) in [6.07, 6.45) is 6.86. The number of nitrogens with zero attached hydrogens (tertiary/aromatic N) is 2. The Kier molecular flexibility index (Phi) is 4.83. The van der Waals surface area contributed by atoms with E-state index in [0.717, 1.165) is 24.5 Å². The molecule has 1 aliphatic heterocycles. The molecule has 3 heteroatoms. The van der Waals surface area contributed by atoms with Crippen LogP contribution in [0.5, 0.6) is 0 Å². The predicted octanol–water partition coefficient (Wildman–Crippen LogP) is 1.53. The van der Waals surface area contributed by atoms with Crippen molar-refractivity contribution in [3.63, 3.8) is 0 Å². The van der Waals surface area contributed by atoms with Gasteiger partial charge in [-0.1, -0.05) is 19.8 Å². The summed E-state index contributed by atoms with van der Waals surface area (Å²) in [6.45, 7) is 6.91. The number of likely N-dealkylation sites (tertiary alicyclic amines) is 1. The Morgan fingerprint density at radius 3 is 2.59 bits per heavy atom. The highest BCUT2D eigenvalue weighted by molar-refractivity contribution is 4.90. The van der Waals surface area contributed by atoms with Crippen molar-refractivity contribution in [1.29, 1.82) is 0 Å². The van der Waals surface area contributed by atoms with Gasteiger partial charge in [-0.2, -0.15) is 0 Å². The zero-order valence-electron chi connectivity index (χ0n) is 11.6. The molecule has 2 fully saturated rings. The van der Waals surface area contributed by atoms with Gasteiger partial charge in [-0.15, -0.1) is 0 Å². The SMILES string of the molecule is CCN(C1CCN(C)C1)C1CCCCC1CN. The molecule has 3 nitrogen and oxygen atoms in total. The molecule has 1 saturated carbocycles. The van der Waals surface area contributed by atoms with E-state index >= 15 is 0 Å². The number of rotatable bonds is 4. The summed E-state index contributed by atoms with van der Waals surface area (Å²) in [5, 5.41) is 0. The van der Waals surface area contributed by atoms with Crippen LogP contribution in [-0.4, -0.2) is 55.1 Å². The lowest BCUT2D eigenvalue weighted by Crippen LogP contribution is -2.50. The molecule has 2 N–H and O–H groups in total. The molecular formula is C14H29N3. The maximum absolute atomic E-state index is 5.98. The smallest absolute Gasteiger partial charge is 0.0238 e. The number of hydrogen-bond acceptors (Lipinski definition) is 3. The lowest BCUT2D eigenvalue weighted by atomic mass is 9.83. The van der Waals surface area contributed by atoms with E-state index in [1.807, 2.05) is 0 Å². The van der Waals surface area contributed by atoms with E-state index < -0.39 is 0 Å². The first-order valence-corrected chi connectivity index (χ1v) is 7.40. The van der Waals surface area contributed by atoms with Crippen LogP contribution in [-0.2, 0) is 0 Å². The summed E-state index contributed by atoms with van der Waals surface area (Å²) in [4.78, 5) is 5.23. The van der Waals surface area contributed by atoms with Crippen molar-refractivity contribution in [2.45, 2.75) is 51.1 Å². The van der Waals surface area contributed by atoms with E-state index in [2.05, 4.69) is 23.8 Å². The largest absolute Gasteiger partial charge is 0.330 e. The van der Waals surface area contributed by atoms with Gasteiger partial charge in [-0.3, -0.25) is 4.90 Å². The van der Waals surface area contributed by atoms with Gasteiger partial charge in [0.05, 0.1) is 0 Å². The van der Waals surface area contributed by atoms with Crippen LogP contribution in [0.3, 0.4) is 0 Å². The molecule has 0 bridgehead atoms. The standard InChI is InChI=1S/C14H29N3/c1-3-17(13-8-9-16(2)11-13)14-7-5-4-6-12(14)10-15/h12-14H,3-11,15H2,1-2H3. The molecule has 1 aliphatic carbocycles. The van der Waals surface area contributed by atoms with Crippen molar-refractivity contribution < 1.29 is 0 Å². The minimum atomic E-state index is 0.745. The molecule has 0 spiro atoms. The molecule has 1 saturated heterocycles. The van der Waals surface area contributed by atoms with E-state index in [1.165, 1.54) is 51.7 Å². The molecule has 3 atom stereocenters. The first kappa shape index (κ1) is 13.3. The summed E-state index contributed by atoms with van der Waals surface area (Å²) in [5.41, 5.74) is 5.98. The monoisotopic (exact) mass is 239 g/mol. The summed E-state index contributed by atoms with van der Waals surface area (Å²) in [7, 11) is 2.25. The Hall–Kier alpha value is -0.120. The first-order chi connectivity index (χ1) is 8.26. The molecule has 1 heterocycles. The topological polar surface area (TPSA) is 32.5 Å². The molecule has 0 amide bonds. The highest BCUT2D eigenvalue weighted by Crippen LogP contribution is 2.30. The van der Waals surface area contributed by atoms with Gasteiger partial charge in [0.15, 0.2) is 0 Å². The number of likely N-dealkylation sites (N-methyl/N-ethyl adjacent to an activating group) is 2. The summed E-state index contributed by atoms with van der Waals surface area (Å²) < 4.78 is 0. The van der Waals surface area contributed by atoms with E-state index in [-0.39, 0.29) is 0 Å². The Balaban J connectivity index is 2.00. The van der Waals surface area contributed by atoms with Gasteiger partial charge in [-0.25, -0.2) is 0 Å². The van der Waals surface area contributed by atoms with E-state index in [4.69, 9.17) is 5.73 Å². The van der Waals surface area contributed by atoms with Gasteiger partial charge < -0.3 is 10.6 Å². The van der Waals surface area contributed by atoms with Gasteiger partial charge >= 0.3 is 0 Å². The fourth-order valence-corrected chi connectivity index (χ4v) is 3.85. The maximum atomic E-state index is 5.98. The van der Waals surface area contributed by atoms with Crippen LogP contribution in [0.2, 0.25) is 0 Å². The summed E-state index contributed by atoms with van der Waals surface area (Å²) in [5.74, 6) is 0.745. The van der Waals surface area contributed by atoms with Crippen LogP contribution < -0.4 is 5.73 Å². The molecule has 3 unspecified atom stereocenters. The molecule has 17 heavy (non-hydrogen) atoms. The highest BCUT2D eigenvalue weighted by atomic mass is 15.3. The predicted molar refractivity (Wildman–Crippen MR) is 73.1 cm³/mol. The Morgan fingerprint density at radius 2 is 2.00 bits per heavy atom. The van der Waals surface area contributed by atoms with Crippen molar-refractivity contribution in [3.05, 3.63) is 0 Å². The molecule has 100 valence electrons. The molecular weight excluding hydrogens is 210 g/mol. The Bertz CT molecular complexity index is 232. The van der Waals surface area contributed by atoms with Gasteiger partial charge in [-0.05, 0) is 51.9 Å². The fraction of sp³-hybridized carbons (Fsp3) is 1.00. The van der Waals surface area contributed by atoms with Crippen molar-refractivity contribution in [2.75, 3.05) is 33.2 Å². The van der Waals surface area contributed by atoms with Gasteiger partial charge in [0.25, 0.3) is 0 Å². The van der Waals surface area contributed by atoms with Crippen molar-refractivity contribution in [1.82, 2.24) is 9.80 Å². The van der Waals surface area contributed by atoms with Crippen LogP contribution >= 0.6 is 0 Å². The van der Waals surface area contributed by atoms with Crippen LogP contribution in [0.4, 0.5) is 0 Å². The first-order valence-electron chi connectivity index (χ1n) is 7.40. The molecule has 2 rings (SSSR count). The van der Waals surface area contributed by atoms with E-state index in [1.54, 1.807) is 0 Å². The molecule has 0 aromatic heterocycles. The Labute approximate surface area is 106 Å². The second kappa shape index (κ2) is 6.17. The van der Waals surface area contributed by atoms with E-state index in [9.17, 15) is 0 Å². The Morgan fingerprint density at radius 1 is 1.24 bits per heavy atom. The zero-order chi connectivity index (χ0) is 12.3. The third-order valence-corrected chi connectivity index (χ3v) is 4.80. The minimum absolute atomic E-state index is 0.745.